The smallest absolute Gasteiger partial charge is 0.277 e. The van der Waals surface area contributed by atoms with E-state index < -0.39 is 9.84 Å². The summed E-state index contributed by atoms with van der Waals surface area (Å²) in [7, 11) is -1.51. The van der Waals surface area contributed by atoms with Crippen LogP contribution >= 0.6 is 11.3 Å². The lowest BCUT2D eigenvalue weighted by molar-refractivity contribution is 0.102. The van der Waals surface area contributed by atoms with E-state index >= 15 is 0 Å². The van der Waals surface area contributed by atoms with Crippen LogP contribution in [-0.4, -0.2) is 47.7 Å². The van der Waals surface area contributed by atoms with Crippen LogP contribution in [0.2, 0.25) is 0 Å². The molecule has 32 heavy (non-hydrogen) atoms. The number of carbonyl (C=O) groups excluding carboxylic acids is 1. The first-order chi connectivity index (χ1) is 15.4. The molecule has 1 N–H and O–H groups in total. The maximum atomic E-state index is 13.0. The molecule has 1 aliphatic heterocycles. The number of nitrogens with zero attached hydrogens (tertiary/aromatic N) is 3. The fourth-order valence-corrected chi connectivity index (χ4v) is 7.03. The molecule has 1 amide bonds. The van der Waals surface area contributed by atoms with Gasteiger partial charge < -0.3 is 4.74 Å². The van der Waals surface area contributed by atoms with Crippen molar-refractivity contribution in [2.24, 2.45) is 0 Å². The molecule has 0 radical (unpaired) electrons. The number of aryl methyl sites for hydroxylation is 2. The van der Waals surface area contributed by atoms with E-state index in [0.29, 0.717) is 23.0 Å². The van der Waals surface area contributed by atoms with Crippen LogP contribution < -0.4 is 10.1 Å². The number of hydrogen-bond donors (Lipinski definition) is 1. The third kappa shape index (κ3) is 4.16. The first kappa shape index (κ1) is 21.1. The molecule has 10 heteroatoms. The van der Waals surface area contributed by atoms with Crippen LogP contribution in [0, 0.1) is 0 Å². The summed E-state index contributed by atoms with van der Waals surface area (Å²) in [4.78, 5) is 18.8. The van der Waals surface area contributed by atoms with E-state index in [2.05, 4.69) is 15.4 Å². The maximum absolute atomic E-state index is 13.0. The molecule has 1 atom stereocenters. The van der Waals surface area contributed by atoms with Crippen molar-refractivity contribution in [1.29, 1.82) is 0 Å². The van der Waals surface area contributed by atoms with Crippen LogP contribution in [0.4, 0.5) is 5.13 Å². The van der Waals surface area contributed by atoms with Gasteiger partial charge in [-0.2, -0.15) is 5.10 Å². The number of ether oxygens (including phenoxy) is 1. The highest BCUT2D eigenvalue weighted by Crippen LogP contribution is 2.32. The van der Waals surface area contributed by atoms with Gasteiger partial charge in [0.15, 0.2) is 20.7 Å². The summed E-state index contributed by atoms with van der Waals surface area (Å²) in [5, 5.41) is 8.02. The van der Waals surface area contributed by atoms with Crippen molar-refractivity contribution < 1.29 is 17.9 Å². The minimum atomic E-state index is -3.10. The van der Waals surface area contributed by atoms with Crippen LogP contribution in [0.1, 0.15) is 46.4 Å². The molecule has 0 bridgehead atoms. The Morgan fingerprint density at radius 1 is 1.22 bits per heavy atom. The number of aromatic nitrogens is 3. The first-order valence-corrected chi connectivity index (χ1v) is 13.3. The molecule has 2 aliphatic rings. The number of carbonyl (C=O) groups is 1. The van der Waals surface area contributed by atoms with Crippen molar-refractivity contribution in [2.75, 3.05) is 23.9 Å². The summed E-state index contributed by atoms with van der Waals surface area (Å²) in [5.41, 5.74) is 2.87. The van der Waals surface area contributed by atoms with E-state index in [1.165, 1.54) is 16.2 Å². The van der Waals surface area contributed by atoms with Gasteiger partial charge in [-0.25, -0.2) is 13.4 Å². The van der Waals surface area contributed by atoms with Gasteiger partial charge in [-0.15, -0.1) is 11.3 Å². The molecule has 5 rings (SSSR count). The van der Waals surface area contributed by atoms with Crippen LogP contribution in [0.3, 0.4) is 0 Å². The molecule has 3 heterocycles. The standard InChI is InChI=1S/C22H24N4O4S2/c1-30-16-8-6-14(7-9-16)19-12-18(25-26(19)15-10-11-32(28,29)13-15)21(27)24-22-23-17-4-2-3-5-20(17)31-22/h6-9,12,15H,2-5,10-11,13H2,1H3,(H,23,24,27)/t15-/m1/s1. The first-order valence-electron chi connectivity index (χ1n) is 10.7. The van der Waals surface area contributed by atoms with E-state index in [-0.39, 0.29) is 29.1 Å². The van der Waals surface area contributed by atoms with Crippen LogP contribution in [0.5, 0.6) is 5.75 Å². The summed E-state index contributed by atoms with van der Waals surface area (Å²) in [6, 6.07) is 8.84. The fourth-order valence-electron chi connectivity index (χ4n) is 4.30. The minimum absolute atomic E-state index is 0.0259. The second-order valence-electron chi connectivity index (χ2n) is 8.19. The zero-order chi connectivity index (χ0) is 22.3. The number of nitrogens with one attached hydrogen (secondary N) is 1. The number of anilines is 1. The number of amides is 1. The van der Waals surface area contributed by atoms with Gasteiger partial charge in [0.25, 0.3) is 5.91 Å². The Bertz CT molecular complexity index is 1240. The Hall–Kier alpha value is -2.72. The van der Waals surface area contributed by atoms with Gasteiger partial charge in [-0.1, -0.05) is 0 Å². The number of benzene rings is 1. The second kappa shape index (κ2) is 8.32. The van der Waals surface area contributed by atoms with E-state index in [1.54, 1.807) is 17.9 Å². The Balaban J connectivity index is 1.46. The van der Waals surface area contributed by atoms with Crippen molar-refractivity contribution in [2.45, 2.75) is 38.1 Å². The molecule has 3 aromatic rings. The number of hydrogen-bond acceptors (Lipinski definition) is 7. The Morgan fingerprint density at radius 2 is 2.00 bits per heavy atom. The van der Waals surface area contributed by atoms with Crippen molar-refractivity contribution in [3.05, 3.63) is 46.6 Å². The summed E-state index contributed by atoms with van der Waals surface area (Å²) in [5.74, 6) is 0.531. The van der Waals surface area contributed by atoms with E-state index in [4.69, 9.17) is 4.74 Å². The number of sulfone groups is 1. The lowest BCUT2D eigenvalue weighted by Crippen LogP contribution is -2.16. The number of methoxy groups -OCH3 is 1. The monoisotopic (exact) mass is 472 g/mol. The fraction of sp³-hybridized carbons (Fsp3) is 0.409. The zero-order valence-corrected chi connectivity index (χ0v) is 19.3. The molecule has 0 saturated carbocycles. The van der Waals surface area contributed by atoms with E-state index in [1.807, 2.05) is 24.3 Å². The normalized spacial score (nSPS) is 19.5. The number of rotatable bonds is 5. The lowest BCUT2D eigenvalue weighted by Gasteiger charge is -2.13. The maximum Gasteiger partial charge on any atom is 0.277 e. The molecule has 1 aromatic carbocycles. The SMILES string of the molecule is COc1ccc(-c2cc(C(=O)Nc3nc4c(s3)CCCC4)nn2[C@@H]2CCS(=O)(=O)C2)cc1. The third-order valence-corrected chi connectivity index (χ3v) is 8.80. The molecular formula is C22H24N4O4S2. The van der Waals surface area contributed by atoms with Gasteiger partial charge in [0.2, 0.25) is 0 Å². The molecule has 168 valence electrons. The highest BCUT2D eigenvalue weighted by atomic mass is 32.2. The second-order valence-corrected chi connectivity index (χ2v) is 11.5. The molecule has 1 saturated heterocycles. The highest BCUT2D eigenvalue weighted by Gasteiger charge is 2.32. The third-order valence-electron chi connectivity index (χ3n) is 5.97. The predicted octanol–water partition coefficient (Wildman–Crippen LogP) is 3.51. The number of thiazole rings is 1. The summed E-state index contributed by atoms with van der Waals surface area (Å²) < 4.78 is 31.1. The minimum Gasteiger partial charge on any atom is -0.497 e. The van der Waals surface area contributed by atoms with E-state index in [0.717, 1.165) is 36.9 Å². The topological polar surface area (TPSA) is 103 Å². The van der Waals surface area contributed by atoms with Crippen molar-refractivity contribution >= 4 is 32.2 Å². The molecule has 1 fully saturated rings. The molecule has 2 aromatic heterocycles. The van der Waals surface area contributed by atoms with Crippen LogP contribution in [0.15, 0.2) is 30.3 Å². The zero-order valence-electron chi connectivity index (χ0n) is 17.7. The van der Waals surface area contributed by atoms with Crippen molar-refractivity contribution in [3.8, 4) is 17.0 Å². The van der Waals surface area contributed by atoms with Crippen molar-refractivity contribution in [3.63, 3.8) is 0 Å². The van der Waals surface area contributed by atoms with Crippen LogP contribution in [0.25, 0.3) is 11.3 Å². The quantitative estimate of drug-likeness (QED) is 0.610. The average Bonchev–Trinajstić information content (AvgIpc) is 3.49. The summed E-state index contributed by atoms with van der Waals surface area (Å²) in [6.07, 6.45) is 4.73. The van der Waals surface area contributed by atoms with E-state index in [9.17, 15) is 13.2 Å². The van der Waals surface area contributed by atoms with Crippen LogP contribution in [-0.2, 0) is 22.7 Å². The largest absolute Gasteiger partial charge is 0.497 e. The molecule has 0 spiro atoms. The number of fused-ring (bicyclic) bond motifs is 1. The molecule has 8 nitrogen and oxygen atoms in total. The van der Waals surface area contributed by atoms with Gasteiger partial charge in [-0.05, 0) is 62.4 Å². The highest BCUT2D eigenvalue weighted by molar-refractivity contribution is 7.91. The van der Waals surface area contributed by atoms with Gasteiger partial charge in [0.05, 0.1) is 36.0 Å². The van der Waals surface area contributed by atoms with Gasteiger partial charge >= 0.3 is 0 Å². The summed E-state index contributed by atoms with van der Waals surface area (Å²) in [6.45, 7) is 0. The molecule has 1 aliphatic carbocycles. The average molecular weight is 473 g/mol. The predicted molar refractivity (Wildman–Crippen MR) is 123 cm³/mol. The van der Waals surface area contributed by atoms with Gasteiger partial charge in [-0.3, -0.25) is 14.8 Å². The Morgan fingerprint density at radius 3 is 2.69 bits per heavy atom. The van der Waals surface area contributed by atoms with Gasteiger partial charge in [0, 0.05) is 10.4 Å². The molecule has 0 unspecified atom stereocenters. The Labute approximate surface area is 190 Å². The lowest BCUT2D eigenvalue weighted by atomic mass is 10.0. The van der Waals surface area contributed by atoms with Gasteiger partial charge in [0.1, 0.15) is 5.75 Å². The van der Waals surface area contributed by atoms with Crippen molar-refractivity contribution in [1.82, 2.24) is 14.8 Å². The molecular weight excluding hydrogens is 448 g/mol. The summed E-state index contributed by atoms with van der Waals surface area (Å²) >= 11 is 1.52. The Kier molecular flexibility index (Phi) is 5.50.